The van der Waals surface area contributed by atoms with Crippen LogP contribution in [0.2, 0.25) is 0 Å². The lowest BCUT2D eigenvalue weighted by Crippen LogP contribution is -2.12. The van der Waals surface area contributed by atoms with Gasteiger partial charge in [0.05, 0.1) is 0 Å². The monoisotopic (exact) mass is 237 g/mol. The Bertz CT molecular complexity index is 357. The van der Waals surface area contributed by atoms with Crippen molar-refractivity contribution in [3.63, 3.8) is 0 Å². The summed E-state index contributed by atoms with van der Waals surface area (Å²) >= 11 is 3.48. The molecular formula is C11H12BrN. The zero-order chi connectivity index (χ0) is 9.42. The molecule has 2 heteroatoms. The average molecular weight is 238 g/mol. The molecule has 1 nitrogen and oxygen atoms in total. The van der Waals surface area contributed by atoms with Gasteiger partial charge in [-0.15, -0.1) is 0 Å². The average Bonchev–Trinajstić information content (AvgIpc) is 2.46. The van der Waals surface area contributed by atoms with Crippen molar-refractivity contribution in [3.8, 4) is 0 Å². The van der Waals surface area contributed by atoms with Crippen LogP contribution in [0.3, 0.4) is 0 Å². The molecule has 1 aromatic rings. The highest BCUT2D eigenvalue weighted by Crippen LogP contribution is 2.27. The molecular weight excluding hydrogens is 226 g/mol. The number of halogens is 1. The lowest BCUT2D eigenvalue weighted by Gasteiger charge is -2.16. The fraction of sp³-hybridized carbons (Fsp3) is 0.273. The highest BCUT2D eigenvalue weighted by atomic mass is 79.9. The molecule has 1 aromatic carbocycles. The zero-order valence-electron chi connectivity index (χ0n) is 7.68. The molecule has 0 spiro atoms. The van der Waals surface area contributed by atoms with Crippen LogP contribution in [0.5, 0.6) is 0 Å². The van der Waals surface area contributed by atoms with Crippen molar-refractivity contribution in [1.82, 2.24) is 4.90 Å². The molecule has 0 radical (unpaired) electrons. The van der Waals surface area contributed by atoms with E-state index in [1.165, 1.54) is 11.1 Å². The van der Waals surface area contributed by atoms with Gasteiger partial charge in [0.1, 0.15) is 0 Å². The summed E-state index contributed by atoms with van der Waals surface area (Å²) < 4.78 is 1.16. The SMILES string of the molecule is C=C(C)N1Cc2ccc(Br)cc2C1. The first-order chi connectivity index (χ1) is 6.16. The second-order valence-corrected chi connectivity index (χ2v) is 4.42. The van der Waals surface area contributed by atoms with Crippen LogP contribution in [-0.4, -0.2) is 4.90 Å². The normalized spacial score (nSPS) is 14.5. The summed E-state index contributed by atoms with van der Waals surface area (Å²) in [6.45, 7) is 8.03. The largest absolute Gasteiger partial charge is 0.367 e. The standard InChI is InChI=1S/C11H12BrN/c1-8(2)13-6-9-3-4-11(12)5-10(9)7-13/h3-5H,1,6-7H2,2H3. The van der Waals surface area contributed by atoms with Gasteiger partial charge in [0.2, 0.25) is 0 Å². The Kier molecular flexibility index (Phi) is 2.16. The quantitative estimate of drug-likeness (QED) is 0.725. The maximum Gasteiger partial charge on any atom is 0.0433 e. The molecule has 13 heavy (non-hydrogen) atoms. The van der Waals surface area contributed by atoms with E-state index in [1.807, 2.05) is 0 Å². The number of hydrogen-bond donors (Lipinski definition) is 0. The van der Waals surface area contributed by atoms with Gasteiger partial charge < -0.3 is 4.90 Å². The minimum atomic E-state index is 1.00. The highest BCUT2D eigenvalue weighted by Gasteiger charge is 2.17. The lowest BCUT2D eigenvalue weighted by molar-refractivity contribution is 0.365. The van der Waals surface area contributed by atoms with Crippen molar-refractivity contribution in [2.24, 2.45) is 0 Å². The van der Waals surface area contributed by atoms with E-state index >= 15 is 0 Å². The van der Waals surface area contributed by atoms with Crippen LogP contribution in [0.25, 0.3) is 0 Å². The lowest BCUT2D eigenvalue weighted by atomic mass is 10.1. The zero-order valence-corrected chi connectivity index (χ0v) is 9.26. The Morgan fingerprint density at radius 3 is 2.77 bits per heavy atom. The molecule has 0 N–H and O–H groups in total. The van der Waals surface area contributed by atoms with Gasteiger partial charge in [-0.1, -0.05) is 28.6 Å². The number of allylic oxidation sites excluding steroid dienone is 1. The summed E-state index contributed by atoms with van der Waals surface area (Å²) in [5.74, 6) is 0. The third kappa shape index (κ3) is 1.63. The van der Waals surface area contributed by atoms with Gasteiger partial charge in [-0.05, 0) is 30.2 Å². The predicted octanol–water partition coefficient (Wildman–Crippen LogP) is 3.30. The van der Waals surface area contributed by atoms with E-state index in [0.717, 1.165) is 23.3 Å². The van der Waals surface area contributed by atoms with Crippen LogP contribution in [0, 0.1) is 0 Å². The number of rotatable bonds is 1. The first kappa shape index (κ1) is 8.82. The van der Waals surface area contributed by atoms with Gasteiger partial charge in [0.25, 0.3) is 0 Å². The van der Waals surface area contributed by atoms with Crippen molar-refractivity contribution < 1.29 is 0 Å². The van der Waals surface area contributed by atoms with E-state index in [1.54, 1.807) is 0 Å². The first-order valence-electron chi connectivity index (χ1n) is 4.34. The molecule has 0 saturated heterocycles. The van der Waals surface area contributed by atoms with Crippen molar-refractivity contribution in [3.05, 3.63) is 46.1 Å². The predicted molar refractivity (Wildman–Crippen MR) is 58.2 cm³/mol. The summed E-state index contributed by atoms with van der Waals surface area (Å²) in [5, 5.41) is 0. The molecule has 0 atom stereocenters. The van der Waals surface area contributed by atoms with Crippen molar-refractivity contribution >= 4 is 15.9 Å². The Labute approximate surface area is 87.2 Å². The molecule has 0 saturated carbocycles. The molecule has 68 valence electrons. The number of nitrogens with zero attached hydrogens (tertiary/aromatic N) is 1. The van der Waals surface area contributed by atoms with E-state index in [4.69, 9.17) is 0 Å². The Morgan fingerprint density at radius 1 is 1.38 bits per heavy atom. The van der Waals surface area contributed by atoms with E-state index < -0.39 is 0 Å². The van der Waals surface area contributed by atoms with Crippen LogP contribution in [0.4, 0.5) is 0 Å². The maximum absolute atomic E-state index is 3.96. The number of benzene rings is 1. The Balaban J connectivity index is 2.30. The van der Waals surface area contributed by atoms with Gasteiger partial charge in [-0.3, -0.25) is 0 Å². The fourth-order valence-corrected chi connectivity index (χ4v) is 2.04. The van der Waals surface area contributed by atoms with Gasteiger partial charge in [-0.25, -0.2) is 0 Å². The van der Waals surface area contributed by atoms with Crippen LogP contribution >= 0.6 is 15.9 Å². The summed E-state index contributed by atoms with van der Waals surface area (Å²) in [4.78, 5) is 2.29. The molecule has 0 amide bonds. The van der Waals surface area contributed by atoms with Crippen LogP contribution in [-0.2, 0) is 13.1 Å². The third-order valence-electron chi connectivity index (χ3n) is 2.43. The smallest absolute Gasteiger partial charge is 0.0433 e. The molecule has 1 heterocycles. The third-order valence-corrected chi connectivity index (χ3v) is 2.92. The molecule has 1 aliphatic rings. The molecule has 2 rings (SSSR count). The molecule has 0 aromatic heterocycles. The Morgan fingerprint density at radius 2 is 2.08 bits per heavy atom. The second-order valence-electron chi connectivity index (χ2n) is 3.50. The summed E-state index contributed by atoms with van der Waals surface area (Å²) in [6, 6.07) is 6.47. The molecule has 0 fully saturated rings. The maximum atomic E-state index is 3.96. The van der Waals surface area contributed by atoms with Gasteiger partial charge in [0, 0.05) is 23.3 Å². The molecule has 0 bridgehead atoms. The molecule has 0 aliphatic carbocycles. The van der Waals surface area contributed by atoms with Gasteiger partial charge in [-0.2, -0.15) is 0 Å². The minimum absolute atomic E-state index is 1.00. The van der Waals surface area contributed by atoms with E-state index in [0.29, 0.717) is 0 Å². The number of hydrogen-bond acceptors (Lipinski definition) is 1. The van der Waals surface area contributed by atoms with Crippen molar-refractivity contribution in [1.29, 1.82) is 0 Å². The molecule has 0 unspecified atom stereocenters. The van der Waals surface area contributed by atoms with Crippen LogP contribution < -0.4 is 0 Å². The van der Waals surface area contributed by atoms with Crippen molar-refractivity contribution in [2.75, 3.05) is 0 Å². The molecule has 1 aliphatic heterocycles. The number of fused-ring (bicyclic) bond motifs is 1. The second kappa shape index (κ2) is 3.18. The highest BCUT2D eigenvalue weighted by molar-refractivity contribution is 9.10. The summed E-state index contributed by atoms with van der Waals surface area (Å²) in [5.41, 5.74) is 3.98. The van der Waals surface area contributed by atoms with Crippen LogP contribution in [0.1, 0.15) is 18.1 Å². The fourth-order valence-electron chi connectivity index (χ4n) is 1.63. The van der Waals surface area contributed by atoms with E-state index in [2.05, 4.69) is 52.5 Å². The van der Waals surface area contributed by atoms with E-state index in [9.17, 15) is 0 Å². The van der Waals surface area contributed by atoms with Gasteiger partial charge >= 0.3 is 0 Å². The van der Waals surface area contributed by atoms with Crippen LogP contribution in [0.15, 0.2) is 34.9 Å². The summed E-state index contributed by atoms with van der Waals surface area (Å²) in [6.07, 6.45) is 0. The Hall–Kier alpha value is -0.760. The van der Waals surface area contributed by atoms with E-state index in [-0.39, 0.29) is 0 Å². The van der Waals surface area contributed by atoms with Crippen molar-refractivity contribution in [2.45, 2.75) is 20.0 Å². The summed E-state index contributed by atoms with van der Waals surface area (Å²) in [7, 11) is 0. The first-order valence-corrected chi connectivity index (χ1v) is 5.14. The minimum Gasteiger partial charge on any atom is -0.367 e. The van der Waals surface area contributed by atoms with Gasteiger partial charge in [0.15, 0.2) is 0 Å². The topological polar surface area (TPSA) is 3.24 Å².